The first kappa shape index (κ1) is 12.6. The molecule has 1 atom stereocenters. The summed E-state index contributed by atoms with van der Waals surface area (Å²) >= 11 is 0. The number of hydrogen-bond acceptors (Lipinski definition) is 3. The number of imidazole rings is 1. The van der Waals surface area contributed by atoms with Crippen LogP contribution < -0.4 is 5.73 Å². The number of nitrogen functional groups attached to an aromatic ring is 1. The molecule has 2 N–H and O–H groups in total. The van der Waals surface area contributed by atoms with Crippen LogP contribution in [0.2, 0.25) is 0 Å². The van der Waals surface area contributed by atoms with Crippen molar-refractivity contribution in [3.05, 3.63) is 30.9 Å². The van der Waals surface area contributed by atoms with E-state index in [4.69, 9.17) is 5.73 Å². The van der Waals surface area contributed by atoms with Crippen molar-refractivity contribution in [1.29, 1.82) is 0 Å². The van der Waals surface area contributed by atoms with E-state index in [-0.39, 0.29) is 0 Å². The number of hydrogen-bond donors (Lipinski definition) is 1. The monoisotopic (exact) mass is 244 g/mol. The zero-order chi connectivity index (χ0) is 13.0. The number of anilines is 1. The Morgan fingerprint density at radius 2 is 2.11 bits per heavy atom. The fourth-order valence-electron chi connectivity index (χ4n) is 2.25. The van der Waals surface area contributed by atoms with E-state index in [1.165, 1.54) is 12.8 Å². The minimum absolute atomic E-state index is 0.505. The molecular weight excluding hydrogens is 224 g/mol. The van der Waals surface area contributed by atoms with Crippen LogP contribution >= 0.6 is 0 Å². The molecule has 0 aromatic carbocycles. The lowest BCUT2D eigenvalue weighted by atomic mass is 10.1. The van der Waals surface area contributed by atoms with Crippen LogP contribution in [-0.4, -0.2) is 14.5 Å². The van der Waals surface area contributed by atoms with Crippen molar-refractivity contribution in [3.8, 4) is 11.3 Å². The second kappa shape index (κ2) is 5.67. The predicted octanol–water partition coefficient (Wildman–Crippen LogP) is 3.28. The Morgan fingerprint density at radius 1 is 1.28 bits per heavy atom. The van der Waals surface area contributed by atoms with Gasteiger partial charge in [-0.15, -0.1) is 0 Å². The van der Waals surface area contributed by atoms with Gasteiger partial charge in [-0.25, -0.2) is 9.97 Å². The van der Waals surface area contributed by atoms with Crippen LogP contribution in [-0.2, 0) is 0 Å². The van der Waals surface area contributed by atoms with Crippen molar-refractivity contribution in [3.63, 3.8) is 0 Å². The van der Waals surface area contributed by atoms with Gasteiger partial charge in [-0.1, -0.05) is 20.3 Å². The standard InChI is InChI=1S/C14H20N4/c1-3-5-12(4-2)18-10-16-9-13(18)11-6-7-14(15)17-8-11/h6-10,12H,3-5H2,1-2H3,(H2,15,17). The van der Waals surface area contributed by atoms with Gasteiger partial charge in [-0.3, -0.25) is 0 Å². The first-order valence-corrected chi connectivity index (χ1v) is 6.50. The van der Waals surface area contributed by atoms with E-state index in [1.54, 1.807) is 0 Å². The molecule has 2 heterocycles. The van der Waals surface area contributed by atoms with Crippen molar-refractivity contribution in [2.75, 3.05) is 5.73 Å². The molecule has 0 saturated heterocycles. The van der Waals surface area contributed by atoms with Crippen LogP contribution in [0.1, 0.15) is 39.2 Å². The molecule has 0 fully saturated rings. The summed E-state index contributed by atoms with van der Waals surface area (Å²) in [6.07, 6.45) is 9.07. The SMILES string of the molecule is CCCC(CC)n1cncc1-c1ccc(N)nc1. The summed E-state index contributed by atoms with van der Waals surface area (Å²) in [5, 5.41) is 0. The van der Waals surface area contributed by atoms with E-state index in [9.17, 15) is 0 Å². The topological polar surface area (TPSA) is 56.7 Å². The van der Waals surface area contributed by atoms with Crippen LogP contribution in [0.4, 0.5) is 5.82 Å². The first-order chi connectivity index (χ1) is 8.76. The Hall–Kier alpha value is -1.84. The Labute approximate surface area is 108 Å². The highest BCUT2D eigenvalue weighted by Crippen LogP contribution is 2.26. The van der Waals surface area contributed by atoms with Gasteiger partial charge >= 0.3 is 0 Å². The molecule has 0 spiro atoms. The van der Waals surface area contributed by atoms with Gasteiger partial charge in [0.25, 0.3) is 0 Å². The van der Waals surface area contributed by atoms with Crippen LogP contribution in [0.15, 0.2) is 30.9 Å². The van der Waals surface area contributed by atoms with Gasteiger partial charge in [0.15, 0.2) is 0 Å². The van der Waals surface area contributed by atoms with E-state index < -0.39 is 0 Å². The number of rotatable bonds is 5. The van der Waals surface area contributed by atoms with Crippen LogP contribution in [0.5, 0.6) is 0 Å². The summed E-state index contributed by atoms with van der Waals surface area (Å²) in [5.74, 6) is 0.547. The minimum Gasteiger partial charge on any atom is -0.384 e. The van der Waals surface area contributed by atoms with E-state index in [0.29, 0.717) is 11.9 Å². The normalized spacial score (nSPS) is 12.6. The summed E-state index contributed by atoms with van der Waals surface area (Å²) in [7, 11) is 0. The lowest BCUT2D eigenvalue weighted by molar-refractivity contribution is 0.451. The fraction of sp³-hybridized carbons (Fsp3) is 0.429. The highest BCUT2D eigenvalue weighted by atomic mass is 15.1. The van der Waals surface area contributed by atoms with Gasteiger partial charge in [0, 0.05) is 17.8 Å². The molecule has 0 aliphatic heterocycles. The second-order valence-corrected chi connectivity index (χ2v) is 4.51. The van der Waals surface area contributed by atoms with Crippen molar-refractivity contribution in [1.82, 2.24) is 14.5 Å². The van der Waals surface area contributed by atoms with Crippen molar-refractivity contribution < 1.29 is 0 Å². The summed E-state index contributed by atoms with van der Waals surface area (Å²) < 4.78 is 2.25. The molecule has 2 aromatic heterocycles. The van der Waals surface area contributed by atoms with E-state index in [1.807, 2.05) is 30.9 Å². The van der Waals surface area contributed by atoms with Gasteiger partial charge in [-0.05, 0) is 25.0 Å². The predicted molar refractivity (Wildman–Crippen MR) is 74.1 cm³/mol. The average Bonchev–Trinajstić information content (AvgIpc) is 2.86. The molecular formula is C14H20N4. The number of nitrogens with two attached hydrogens (primary N) is 1. The Morgan fingerprint density at radius 3 is 2.72 bits per heavy atom. The first-order valence-electron chi connectivity index (χ1n) is 6.50. The number of aromatic nitrogens is 3. The molecule has 4 heteroatoms. The van der Waals surface area contributed by atoms with Gasteiger partial charge in [0.1, 0.15) is 5.82 Å². The van der Waals surface area contributed by atoms with Crippen LogP contribution in [0.3, 0.4) is 0 Å². The maximum Gasteiger partial charge on any atom is 0.123 e. The molecule has 2 aromatic rings. The summed E-state index contributed by atoms with van der Waals surface area (Å²) in [6.45, 7) is 4.43. The van der Waals surface area contributed by atoms with Crippen molar-refractivity contribution >= 4 is 5.82 Å². The molecule has 4 nitrogen and oxygen atoms in total. The van der Waals surface area contributed by atoms with E-state index in [2.05, 4.69) is 28.4 Å². The third-order valence-electron chi connectivity index (χ3n) is 3.23. The third kappa shape index (κ3) is 2.53. The number of nitrogens with zero attached hydrogens (tertiary/aromatic N) is 3. The maximum absolute atomic E-state index is 5.62. The minimum atomic E-state index is 0.505. The summed E-state index contributed by atoms with van der Waals surface area (Å²) in [5.41, 5.74) is 7.80. The smallest absolute Gasteiger partial charge is 0.123 e. The zero-order valence-electron chi connectivity index (χ0n) is 11.0. The fourth-order valence-corrected chi connectivity index (χ4v) is 2.25. The van der Waals surface area contributed by atoms with Crippen LogP contribution in [0, 0.1) is 0 Å². The maximum atomic E-state index is 5.62. The second-order valence-electron chi connectivity index (χ2n) is 4.51. The Bertz CT molecular complexity index is 487. The molecule has 0 bridgehead atoms. The highest BCUT2D eigenvalue weighted by Gasteiger charge is 2.13. The van der Waals surface area contributed by atoms with E-state index in [0.717, 1.165) is 17.7 Å². The molecule has 96 valence electrons. The molecule has 0 saturated carbocycles. The summed E-state index contributed by atoms with van der Waals surface area (Å²) in [6, 6.07) is 4.33. The van der Waals surface area contributed by atoms with Gasteiger partial charge in [0.05, 0.1) is 18.2 Å². The number of pyridine rings is 1. The quantitative estimate of drug-likeness (QED) is 0.878. The Kier molecular flexibility index (Phi) is 3.97. The van der Waals surface area contributed by atoms with Gasteiger partial charge < -0.3 is 10.3 Å². The lowest BCUT2D eigenvalue weighted by Crippen LogP contribution is -2.08. The lowest BCUT2D eigenvalue weighted by Gasteiger charge is -2.18. The molecule has 1 unspecified atom stereocenters. The summed E-state index contributed by atoms with van der Waals surface area (Å²) in [4.78, 5) is 8.42. The van der Waals surface area contributed by atoms with Crippen LogP contribution in [0.25, 0.3) is 11.3 Å². The van der Waals surface area contributed by atoms with Crippen molar-refractivity contribution in [2.24, 2.45) is 0 Å². The molecule has 0 aliphatic carbocycles. The van der Waals surface area contributed by atoms with Gasteiger partial charge in [0.2, 0.25) is 0 Å². The molecule has 18 heavy (non-hydrogen) atoms. The largest absolute Gasteiger partial charge is 0.384 e. The van der Waals surface area contributed by atoms with E-state index >= 15 is 0 Å². The zero-order valence-corrected chi connectivity index (χ0v) is 11.0. The molecule has 0 aliphatic rings. The molecule has 0 amide bonds. The van der Waals surface area contributed by atoms with Gasteiger partial charge in [-0.2, -0.15) is 0 Å². The highest BCUT2D eigenvalue weighted by molar-refractivity contribution is 5.59. The molecule has 0 radical (unpaired) electrons. The molecule has 2 rings (SSSR count). The Balaban J connectivity index is 2.34. The average molecular weight is 244 g/mol. The third-order valence-corrected chi connectivity index (χ3v) is 3.23. The van der Waals surface area contributed by atoms with Crippen molar-refractivity contribution in [2.45, 2.75) is 39.2 Å².